The van der Waals surface area contributed by atoms with E-state index in [0.717, 1.165) is 11.1 Å². The molecule has 0 bridgehead atoms. The zero-order chi connectivity index (χ0) is 24.9. The van der Waals surface area contributed by atoms with E-state index in [2.05, 4.69) is 9.97 Å². The molecule has 1 aromatic carbocycles. The lowest BCUT2D eigenvalue weighted by atomic mass is 10.2. The van der Waals surface area contributed by atoms with E-state index in [1.54, 1.807) is 24.3 Å². The maximum absolute atomic E-state index is 12.9. The number of nitrogens with one attached hydrogen (secondary N) is 1. The largest absolute Gasteiger partial charge is 0.385 e. The zero-order valence-corrected chi connectivity index (χ0v) is 19.7. The number of H-pyrrole nitrogens is 1. The number of anilines is 2. The summed E-state index contributed by atoms with van der Waals surface area (Å²) in [5.41, 5.74) is 7.96. The lowest BCUT2D eigenvalue weighted by molar-refractivity contribution is 0.196. The van der Waals surface area contributed by atoms with Gasteiger partial charge in [0.1, 0.15) is 17.2 Å². The predicted octanol–water partition coefficient (Wildman–Crippen LogP) is 1.53. The molecule has 3 N–H and O–H groups in total. The molecule has 0 radical (unpaired) electrons. The molecule has 0 spiro atoms. The molecular weight excluding hydrogens is 448 g/mol. The first-order chi connectivity index (χ1) is 16.9. The lowest BCUT2D eigenvalue weighted by Gasteiger charge is -2.26. The summed E-state index contributed by atoms with van der Waals surface area (Å²) in [6.45, 7) is 3.12. The first-order valence-corrected chi connectivity index (χ1v) is 11.3. The van der Waals surface area contributed by atoms with Gasteiger partial charge in [-0.15, -0.1) is 0 Å². The second-order valence-electron chi connectivity index (χ2n) is 8.35. The molecule has 0 saturated heterocycles. The van der Waals surface area contributed by atoms with Crippen LogP contribution in [-0.4, -0.2) is 39.2 Å². The molecule has 10 nitrogen and oxygen atoms in total. The van der Waals surface area contributed by atoms with E-state index in [1.165, 1.54) is 15.0 Å². The van der Waals surface area contributed by atoms with Crippen LogP contribution in [0.2, 0.25) is 0 Å². The molecule has 10 heteroatoms. The second-order valence-corrected chi connectivity index (χ2v) is 8.35. The van der Waals surface area contributed by atoms with Gasteiger partial charge in [0.15, 0.2) is 0 Å². The Hall–Kier alpha value is -4.18. The van der Waals surface area contributed by atoms with Crippen LogP contribution in [0, 0.1) is 6.92 Å². The molecule has 0 fully saturated rings. The second kappa shape index (κ2) is 10.4. The van der Waals surface area contributed by atoms with Crippen molar-refractivity contribution in [3.8, 4) is 0 Å². The number of aromatic amines is 1. The van der Waals surface area contributed by atoms with E-state index in [9.17, 15) is 14.4 Å². The fourth-order valence-electron chi connectivity index (χ4n) is 4.01. The van der Waals surface area contributed by atoms with Gasteiger partial charge in [0, 0.05) is 32.5 Å². The van der Waals surface area contributed by atoms with Crippen molar-refractivity contribution in [2.75, 3.05) is 30.9 Å². The first kappa shape index (κ1) is 24.0. The van der Waals surface area contributed by atoms with Crippen LogP contribution in [0.5, 0.6) is 0 Å². The van der Waals surface area contributed by atoms with Crippen LogP contribution in [0.4, 0.5) is 11.5 Å². The SMILES string of the molecule is COCCCN(Cc1cc(=O)n2cc(C)ccc2n1)c1c(N)n(Cc2ccccc2)c(=O)[nH]c1=O. The van der Waals surface area contributed by atoms with Crippen molar-refractivity contribution < 1.29 is 4.74 Å². The Labute approximate surface area is 201 Å². The Kier molecular flexibility index (Phi) is 7.11. The zero-order valence-electron chi connectivity index (χ0n) is 19.7. The monoisotopic (exact) mass is 476 g/mol. The summed E-state index contributed by atoms with van der Waals surface area (Å²) in [4.78, 5) is 47.0. The Morgan fingerprint density at radius 2 is 1.89 bits per heavy atom. The average Bonchev–Trinajstić information content (AvgIpc) is 2.83. The lowest BCUT2D eigenvalue weighted by Crippen LogP contribution is -2.39. The number of ether oxygens (including phenoxy) is 1. The van der Waals surface area contributed by atoms with Crippen molar-refractivity contribution in [1.82, 2.24) is 18.9 Å². The summed E-state index contributed by atoms with van der Waals surface area (Å²) in [6, 6.07) is 14.5. The summed E-state index contributed by atoms with van der Waals surface area (Å²) in [7, 11) is 1.60. The molecule has 3 heterocycles. The molecule has 0 aliphatic carbocycles. The van der Waals surface area contributed by atoms with E-state index in [0.29, 0.717) is 30.9 Å². The average molecular weight is 477 g/mol. The number of hydrogen-bond donors (Lipinski definition) is 2. The van der Waals surface area contributed by atoms with Gasteiger partial charge < -0.3 is 15.4 Å². The van der Waals surface area contributed by atoms with Crippen LogP contribution < -0.4 is 27.4 Å². The molecule has 35 heavy (non-hydrogen) atoms. The van der Waals surface area contributed by atoms with Crippen LogP contribution in [0.25, 0.3) is 5.65 Å². The fourth-order valence-corrected chi connectivity index (χ4v) is 4.01. The van der Waals surface area contributed by atoms with Gasteiger partial charge in [0.2, 0.25) is 0 Å². The molecule has 182 valence electrons. The normalized spacial score (nSPS) is 11.1. The molecule has 0 saturated carbocycles. The maximum atomic E-state index is 12.9. The molecule has 0 amide bonds. The molecule has 0 unspecified atom stereocenters. The fraction of sp³-hybridized carbons (Fsp3) is 0.280. The van der Waals surface area contributed by atoms with Crippen molar-refractivity contribution in [1.29, 1.82) is 0 Å². The van der Waals surface area contributed by atoms with Gasteiger partial charge >= 0.3 is 5.69 Å². The minimum atomic E-state index is -0.595. The van der Waals surface area contributed by atoms with Gasteiger partial charge in [0.25, 0.3) is 11.1 Å². The number of nitrogens with zero attached hydrogens (tertiary/aromatic N) is 4. The van der Waals surface area contributed by atoms with Gasteiger partial charge in [-0.2, -0.15) is 0 Å². The number of aryl methyl sites for hydroxylation is 1. The number of fused-ring (bicyclic) bond motifs is 1. The standard InChI is InChI=1S/C25H28N6O4/c1-17-9-10-20-27-19(13-21(32)30(20)14-17)16-29(11-6-12-35-2)22-23(26)31(25(34)28-24(22)33)15-18-7-4-3-5-8-18/h3-5,7-10,13-14H,6,11-12,15-16,26H2,1-2H3,(H,28,33,34). The third kappa shape index (κ3) is 5.33. The van der Waals surface area contributed by atoms with Crippen LogP contribution in [0.3, 0.4) is 0 Å². The molecule has 4 aromatic rings. The minimum Gasteiger partial charge on any atom is -0.385 e. The summed E-state index contributed by atoms with van der Waals surface area (Å²) in [6.07, 6.45) is 2.33. The third-order valence-corrected chi connectivity index (χ3v) is 5.70. The highest BCUT2D eigenvalue weighted by Crippen LogP contribution is 2.20. The van der Waals surface area contributed by atoms with Crippen LogP contribution in [-0.2, 0) is 17.8 Å². The van der Waals surface area contributed by atoms with Crippen molar-refractivity contribution in [2.45, 2.75) is 26.4 Å². The topological polar surface area (TPSA) is 128 Å². The first-order valence-electron chi connectivity index (χ1n) is 11.3. The highest BCUT2D eigenvalue weighted by atomic mass is 16.5. The minimum absolute atomic E-state index is 0.0492. The Bertz CT molecular complexity index is 1510. The highest BCUT2D eigenvalue weighted by Gasteiger charge is 2.20. The van der Waals surface area contributed by atoms with Gasteiger partial charge in [-0.05, 0) is 30.5 Å². The van der Waals surface area contributed by atoms with Crippen LogP contribution in [0.1, 0.15) is 23.2 Å². The Morgan fingerprint density at radius 3 is 2.63 bits per heavy atom. The van der Waals surface area contributed by atoms with Crippen LogP contribution in [0.15, 0.2) is 69.1 Å². The van der Waals surface area contributed by atoms with E-state index in [1.807, 2.05) is 43.3 Å². The van der Waals surface area contributed by atoms with E-state index < -0.39 is 11.2 Å². The van der Waals surface area contributed by atoms with Gasteiger partial charge in [-0.25, -0.2) is 9.78 Å². The van der Waals surface area contributed by atoms with Crippen molar-refractivity contribution in [3.63, 3.8) is 0 Å². The van der Waals surface area contributed by atoms with E-state index in [4.69, 9.17) is 10.5 Å². The molecule has 0 aliphatic rings. The maximum Gasteiger partial charge on any atom is 0.330 e. The Morgan fingerprint density at radius 1 is 1.11 bits per heavy atom. The number of nitrogen functional groups attached to an aromatic ring is 1. The molecule has 0 aliphatic heterocycles. The third-order valence-electron chi connectivity index (χ3n) is 5.70. The number of hydrogen-bond acceptors (Lipinski definition) is 7. The number of methoxy groups -OCH3 is 1. The van der Waals surface area contributed by atoms with Crippen molar-refractivity contribution in [2.24, 2.45) is 0 Å². The number of benzene rings is 1. The molecule has 0 atom stereocenters. The number of aromatic nitrogens is 4. The van der Waals surface area contributed by atoms with E-state index in [-0.39, 0.29) is 30.2 Å². The molecular formula is C25H28N6O4. The van der Waals surface area contributed by atoms with Crippen molar-refractivity contribution >= 4 is 17.2 Å². The Balaban J connectivity index is 1.76. The smallest absolute Gasteiger partial charge is 0.330 e. The number of nitrogens with two attached hydrogens (primary N) is 1. The molecule has 4 rings (SSSR count). The van der Waals surface area contributed by atoms with Gasteiger partial charge in [0.05, 0.1) is 18.8 Å². The summed E-state index contributed by atoms with van der Waals surface area (Å²) in [5, 5.41) is 0. The highest BCUT2D eigenvalue weighted by molar-refractivity contribution is 5.62. The summed E-state index contributed by atoms with van der Waals surface area (Å²) in [5.74, 6) is 0.0492. The predicted molar refractivity (Wildman–Crippen MR) is 135 cm³/mol. The molecule has 3 aromatic heterocycles. The van der Waals surface area contributed by atoms with Gasteiger partial charge in [-0.1, -0.05) is 36.4 Å². The number of rotatable bonds is 9. The quantitative estimate of drug-likeness (QED) is 0.351. The number of pyridine rings is 1. The summed E-state index contributed by atoms with van der Waals surface area (Å²) >= 11 is 0. The summed E-state index contributed by atoms with van der Waals surface area (Å²) < 4.78 is 8.00. The van der Waals surface area contributed by atoms with Gasteiger partial charge in [-0.3, -0.25) is 23.5 Å². The van der Waals surface area contributed by atoms with E-state index >= 15 is 0 Å². The van der Waals surface area contributed by atoms with Crippen molar-refractivity contribution in [3.05, 3.63) is 103 Å². The van der Waals surface area contributed by atoms with Crippen LogP contribution >= 0.6 is 0 Å².